The van der Waals surface area contributed by atoms with Gasteiger partial charge >= 0.3 is 0 Å². The SMILES string of the molecule is C[C@H](CO)N1C[C@H](C)[C@H](CN(C)Cc2ccncc2)Oc2ccc(NC(=O)Cc3cn(C)c4ccccc34)cc2CC1=O. The molecule has 5 rings (SSSR count). The minimum Gasteiger partial charge on any atom is -0.488 e. The normalized spacial score (nSPS) is 18.0. The number of hydrogen-bond donors (Lipinski definition) is 2. The van der Waals surface area contributed by atoms with Crippen LogP contribution in [0.25, 0.3) is 10.9 Å². The number of fused-ring (bicyclic) bond motifs is 2. The number of para-hydroxylation sites is 1. The topological polar surface area (TPSA) is 99.9 Å². The molecule has 226 valence electrons. The molecule has 2 aromatic heterocycles. The van der Waals surface area contributed by atoms with Crippen LogP contribution in [0.3, 0.4) is 0 Å². The Morgan fingerprint density at radius 3 is 2.72 bits per heavy atom. The first-order valence-corrected chi connectivity index (χ1v) is 14.8. The molecular weight excluding hydrogens is 542 g/mol. The number of likely N-dealkylation sites (N-methyl/N-ethyl adjacent to an activating group) is 1. The average molecular weight is 584 g/mol. The first-order chi connectivity index (χ1) is 20.7. The number of benzene rings is 2. The summed E-state index contributed by atoms with van der Waals surface area (Å²) in [5.41, 5.74) is 4.51. The Labute approximate surface area is 253 Å². The minimum absolute atomic E-state index is 0.00358. The standard InChI is InChI=1S/C34H41N5O4/c1-23-18-39(24(2)22-40)34(42)17-26-15-28(36-33(41)16-27-20-38(4)30-8-6-5-7-29(27)30)9-10-31(26)43-32(23)21-37(3)19-25-11-13-35-14-12-25/h5-15,20,23-24,32,40H,16-19,21-22H2,1-4H3,(H,36,41)/t23-,24+,32-/m0/s1. The van der Waals surface area contributed by atoms with E-state index in [-0.39, 0.29) is 49.3 Å². The van der Waals surface area contributed by atoms with E-state index in [1.807, 2.05) is 79.3 Å². The van der Waals surface area contributed by atoms with Crippen molar-refractivity contribution in [2.45, 2.75) is 45.4 Å². The molecule has 2 N–H and O–H groups in total. The summed E-state index contributed by atoms with van der Waals surface area (Å²) in [6.07, 6.45) is 5.70. The quantitative estimate of drug-likeness (QED) is 0.309. The first kappa shape index (κ1) is 30.3. The Morgan fingerprint density at radius 1 is 1.19 bits per heavy atom. The molecular formula is C34H41N5O4. The molecule has 0 saturated heterocycles. The smallest absolute Gasteiger partial charge is 0.228 e. The lowest BCUT2D eigenvalue weighted by Gasteiger charge is -2.34. The fourth-order valence-electron chi connectivity index (χ4n) is 5.84. The van der Waals surface area contributed by atoms with Crippen LogP contribution in [0.2, 0.25) is 0 Å². The van der Waals surface area contributed by atoms with Gasteiger partial charge in [0.2, 0.25) is 11.8 Å². The van der Waals surface area contributed by atoms with E-state index in [9.17, 15) is 14.7 Å². The second kappa shape index (κ2) is 13.4. The molecule has 9 heteroatoms. The number of aliphatic hydroxyl groups excluding tert-OH is 1. The number of aliphatic hydroxyl groups is 1. The van der Waals surface area contributed by atoms with E-state index in [2.05, 4.69) is 29.2 Å². The minimum atomic E-state index is -0.324. The lowest BCUT2D eigenvalue weighted by molar-refractivity contribution is -0.134. The molecule has 1 aliphatic heterocycles. The molecule has 0 aliphatic carbocycles. The van der Waals surface area contributed by atoms with Crippen LogP contribution in [0, 0.1) is 5.92 Å². The third-order valence-corrected chi connectivity index (χ3v) is 8.22. The average Bonchev–Trinajstić information content (AvgIpc) is 3.32. The summed E-state index contributed by atoms with van der Waals surface area (Å²) in [7, 11) is 4.03. The molecule has 0 bridgehead atoms. The van der Waals surface area contributed by atoms with E-state index in [1.54, 1.807) is 17.3 Å². The summed E-state index contributed by atoms with van der Waals surface area (Å²) in [5.74, 6) is 0.423. The van der Waals surface area contributed by atoms with Crippen LogP contribution in [-0.2, 0) is 36.0 Å². The predicted molar refractivity (Wildman–Crippen MR) is 168 cm³/mol. The zero-order valence-corrected chi connectivity index (χ0v) is 25.4. The maximum Gasteiger partial charge on any atom is 0.228 e. The summed E-state index contributed by atoms with van der Waals surface area (Å²) < 4.78 is 8.67. The monoisotopic (exact) mass is 583 g/mol. The van der Waals surface area contributed by atoms with Gasteiger partial charge in [-0.2, -0.15) is 0 Å². The van der Waals surface area contributed by atoms with Crippen molar-refractivity contribution in [3.63, 3.8) is 0 Å². The summed E-state index contributed by atoms with van der Waals surface area (Å²) in [4.78, 5) is 34.8. The van der Waals surface area contributed by atoms with Gasteiger partial charge in [0.05, 0.1) is 25.5 Å². The Hall–Kier alpha value is -4.21. The van der Waals surface area contributed by atoms with E-state index in [4.69, 9.17) is 4.74 Å². The maximum atomic E-state index is 13.6. The fraction of sp³-hybridized carbons (Fsp3) is 0.382. The van der Waals surface area contributed by atoms with E-state index < -0.39 is 0 Å². The van der Waals surface area contributed by atoms with Crippen molar-refractivity contribution in [3.8, 4) is 5.75 Å². The Balaban J connectivity index is 1.37. The lowest BCUT2D eigenvalue weighted by atomic mass is 10.0. The number of carbonyl (C=O) groups is 2. The molecule has 2 amide bonds. The molecule has 4 aromatic rings. The number of aromatic nitrogens is 2. The number of nitrogens with zero attached hydrogens (tertiary/aromatic N) is 4. The van der Waals surface area contributed by atoms with Crippen molar-refractivity contribution in [1.82, 2.24) is 19.4 Å². The van der Waals surface area contributed by atoms with Gasteiger partial charge < -0.3 is 24.6 Å². The Morgan fingerprint density at radius 2 is 1.95 bits per heavy atom. The van der Waals surface area contributed by atoms with Crippen LogP contribution in [-0.4, -0.2) is 75.2 Å². The first-order valence-electron chi connectivity index (χ1n) is 14.8. The largest absolute Gasteiger partial charge is 0.488 e. The van der Waals surface area contributed by atoms with Gasteiger partial charge in [0.15, 0.2) is 0 Å². The molecule has 0 spiro atoms. The van der Waals surface area contributed by atoms with E-state index in [0.29, 0.717) is 30.1 Å². The molecule has 0 radical (unpaired) electrons. The van der Waals surface area contributed by atoms with Crippen molar-refractivity contribution in [2.24, 2.45) is 13.0 Å². The molecule has 2 aromatic carbocycles. The molecule has 3 atom stereocenters. The van der Waals surface area contributed by atoms with Gasteiger partial charge in [-0.15, -0.1) is 0 Å². The molecule has 43 heavy (non-hydrogen) atoms. The second-order valence-corrected chi connectivity index (χ2v) is 11.8. The van der Waals surface area contributed by atoms with Gasteiger partial charge in [-0.3, -0.25) is 19.5 Å². The van der Waals surface area contributed by atoms with Gasteiger partial charge in [-0.25, -0.2) is 0 Å². The predicted octanol–water partition coefficient (Wildman–Crippen LogP) is 4.04. The molecule has 3 heterocycles. The number of rotatable bonds is 9. The van der Waals surface area contributed by atoms with Crippen LogP contribution in [0.1, 0.15) is 30.5 Å². The number of ether oxygens (including phenoxy) is 1. The van der Waals surface area contributed by atoms with Crippen LogP contribution >= 0.6 is 0 Å². The molecule has 0 saturated carbocycles. The van der Waals surface area contributed by atoms with Gasteiger partial charge in [0.1, 0.15) is 11.9 Å². The number of carbonyl (C=O) groups excluding carboxylic acids is 2. The van der Waals surface area contributed by atoms with Crippen molar-refractivity contribution in [2.75, 3.05) is 32.1 Å². The highest BCUT2D eigenvalue weighted by molar-refractivity contribution is 5.96. The third kappa shape index (κ3) is 7.24. The second-order valence-electron chi connectivity index (χ2n) is 11.8. The van der Waals surface area contributed by atoms with Crippen molar-refractivity contribution < 1.29 is 19.4 Å². The fourth-order valence-corrected chi connectivity index (χ4v) is 5.84. The number of anilines is 1. The Bertz CT molecular complexity index is 1570. The van der Waals surface area contributed by atoms with E-state index >= 15 is 0 Å². The Kier molecular flexibility index (Phi) is 9.43. The van der Waals surface area contributed by atoms with Crippen LogP contribution in [0.15, 0.2) is 73.2 Å². The highest BCUT2D eigenvalue weighted by Gasteiger charge is 2.31. The maximum absolute atomic E-state index is 13.6. The van der Waals surface area contributed by atoms with E-state index in [1.165, 1.54) is 0 Å². The number of pyridine rings is 1. The summed E-state index contributed by atoms with van der Waals surface area (Å²) in [5, 5.41) is 14.0. The van der Waals surface area contributed by atoms with Crippen LogP contribution in [0.4, 0.5) is 5.69 Å². The zero-order valence-electron chi connectivity index (χ0n) is 25.4. The molecule has 9 nitrogen and oxygen atoms in total. The van der Waals surface area contributed by atoms with Crippen molar-refractivity contribution >= 4 is 28.4 Å². The van der Waals surface area contributed by atoms with Gasteiger partial charge in [0.25, 0.3) is 0 Å². The third-order valence-electron chi connectivity index (χ3n) is 8.22. The van der Waals surface area contributed by atoms with Crippen LogP contribution < -0.4 is 10.1 Å². The zero-order chi connectivity index (χ0) is 30.5. The molecule has 0 unspecified atom stereocenters. The summed E-state index contributed by atoms with van der Waals surface area (Å²) in [6, 6.07) is 17.2. The summed E-state index contributed by atoms with van der Waals surface area (Å²) in [6.45, 7) is 5.67. The molecule has 1 aliphatic rings. The van der Waals surface area contributed by atoms with Crippen LogP contribution in [0.5, 0.6) is 5.75 Å². The number of aryl methyl sites for hydroxylation is 1. The van der Waals surface area contributed by atoms with E-state index in [0.717, 1.165) is 28.6 Å². The highest BCUT2D eigenvalue weighted by Crippen LogP contribution is 2.30. The van der Waals surface area contributed by atoms with Crippen molar-refractivity contribution in [1.29, 1.82) is 0 Å². The number of amides is 2. The number of hydrogen-bond acceptors (Lipinski definition) is 6. The van der Waals surface area contributed by atoms with Gasteiger partial charge in [-0.1, -0.05) is 25.1 Å². The summed E-state index contributed by atoms with van der Waals surface area (Å²) >= 11 is 0. The lowest BCUT2D eigenvalue weighted by Crippen LogP contribution is -2.47. The van der Waals surface area contributed by atoms with Crippen molar-refractivity contribution in [3.05, 3.63) is 89.9 Å². The van der Waals surface area contributed by atoms with Gasteiger partial charge in [-0.05, 0) is 61.5 Å². The van der Waals surface area contributed by atoms with Gasteiger partial charge in [0, 0.05) is 73.3 Å². The highest BCUT2D eigenvalue weighted by atomic mass is 16.5. The number of nitrogens with one attached hydrogen (secondary N) is 1. The molecule has 0 fully saturated rings.